The van der Waals surface area contributed by atoms with Gasteiger partial charge in [0.25, 0.3) is 0 Å². The zero-order chi connectivity index (χ0) is 17.6. The Labute approximate surface area is 142 Å². The summed E-state index contributed by atoms with van der Waals surface area (Å²) in [7, 11) is 1.77. The third-order valence-electron chi connectivity index (χ3n) is 4.26. The SMILES string of the molecule is CCOC(=O)[C@@H]1Oc2c(c(=O)oc3ccccc23)[C@H]1c1cnn(C)c1. The van der Waals surface area contributed by atoms with Crippen LogP contribution in [0, 0.1) is 0 Å². The zero-order valence-corrected chi connectivity index (χ0v) is 13.8. The average Bonchev–Trinajstić information content (AvgIpc) is 3.19. The highest BCUT2D eigenvalue weighted by atomic mass is 16.6. The molecule has 2 aromatic heterocycles. The Morgan fingerprint density at radius 1 is 1.36 bits per heavy atom. The first kappa shape index (κ1) is 15.4. The number of benzene rings is 1. The molecule has 0 radical (unpaired) electrons. The van der Waals surface area contributed by atoms with E-state index in [2.05, 4.69) is 5.10 Å². The van der Waals surface area contributed by atoms with Gasteiger partial charge in [-0.1, -0.05) is 12.1 Å². The van der Waals surface area contributed by atoms with Gasteiger partial charge in [0.1, 0.15) is 11.3 Å². The molecule has 0 N–H and O–H groups in total. The Kier molecular flexibility index (Phi) is 3.56. The fraction of sp³-hybridized carbons (Fsp3) is 0.278. The summed E-state index contributed by atoms with van der Waals surface area (Å²) in [6, 6.07) is 7.08. The standard InChI is InChI=1S/C18H16N2O5/c1-3-23-18(22)16-13(10-8-19-20(2)9-10)14-15(25-16)11-6-4-5-7-12(11)24-17(14)21/h4-9,13,16H,3H2,1-2H3/t13-,16-/m1/s1. The van der Waals surface area contributed by atoms with Crippen LogP contribution in [-0.4, -0.2) is 28.5 Å². The van der Waals surface area contributed by atoms with E-state index in [-0.39, 0.29) is 6.61 Å². The lowest BCUT2D eigenvalue weighted by Gasteiger charge is -2.15. The normalized spacial score (nSPS) is 18.8. The Morgan fingerprint density at radius 2 is 2.16 bits per heavy atom. The summed E-state index contributed by atoms with van der Waals surface area (Å²) in [5.41, 5.74) is 0.918. The number of aryl methyl sites for hydroxylation is 1. The van der Waals surface area contributed by atoms with Gasteiger partial charge >= 0.3 is 11.6 Å². The molecule has 0 saturated heterocycles. The summed E-state index contributed by atoms with van der Waals surface area (Å²) >= 11 is 0. The Bertz CT molecular complexity index is 1020. The lowest BCUT2D eigenvalue weighted by atomic mass is 9.90. The number of hydrogen-bond acceptors (Lipinski definition) is 6. The van der Waals surface area contributed by atoms with Crippen molar-refractivity contribution in [1.29, 1.82) is 0 Å². The molecule has 128 valence electrons. The first-order valence-corrected chi connectivity index (χ1v) is 7.97. The van der Waals surface area contributed by atoms with Gasteiger partial charge in [0.15, 0.2) is 0 Å². The van der Waals surface area contributed by atoms with Crippen LogP contribution in [0.1, 0.15) is 24.0 Å². The zero-order valence-electron chi connectivity index (χ0n) is 13.8. The van der Waals surface area contributed by atoms with Crippen LogP contribution >= 0.6 is 0 Å². The van der Waals surface area contributed by atoms with Crippen LogP contribution in [0.4, 0.5) is 0 Å². The molecule has 0 unspecified atom stereocenters. The monoisotopic (exact) mass is 340 g/mol. The molecular formula is C18H16N2O5. The highest BCUT2D eigenvalue weighted by Gasteiger charge is 2.45. The molecule has 3 aromatic rings. The summed E-state index contributed by atoms with van der Waals surface area (Å²) in [5.74, 6) is -0.765. The summed E-state index contributed by atoms with van der Waals surface area (Å²) in [5, 5.41) is 4.79. The molecule has 2 atom stereocenters. The number of para-hydroxylation sites is 1. The van der Waals surface area contributed by atoms with Gasteiger partial charge < -0.3 is 13.9 Å². The van der Waals surface area contributed by atoms with Crippen molar-refractivity contribution in [3.8, 4) is 5.75 Å². The molecule has 4 rings (SSSR count). The molecule has 0 bridgehead atoms. The topological polar surface area (TPSA) is 83.6 Å². The molecule has 7 heteroatoms. The third-order valence-corrected chi connectivity index (χ3v) is 4.26. The molecule has 0 spiro atoms. The second kappa shape index (κ2) is 5.77. The van der Waals surface area contributed by atoms with Crippen molar-refractivity contribution >= 4 is 16.9 Å². The van der Waals surface area contributed by atoms with E-state index in [1.807, 2.05) is 6.07 Å². The maximum absolute atomic E-state index is 12.6. The lowest BCUT2D eigenvalue weighted by molar-refractivity contribution is -0.151. The van der Waals surface area contributed by atoms with E-state index in [1.165, 1.54) is 0 Å². The van der Waals surface area contributed by atoms with Crippen molar-refractivity contribution in [1.82, 2.24) is 9.78 Å². The van der Waals surface area contributed by atoms with Crippen molar-refractivity contribution in [2.45, 2.75) is 18.9 Å². The first-order chi connectivity index (χ1) is 12.1. The molecule has 3 heterocycles. The molecule has 1 aliphatic heterocycles. The fourth-order valence-electron chi connectivity index (χ4n) is 3.23. The number of hydrogen-bond donors (Lipinski definition) is 0. The van der Waals surface area contributed by atoms with Gasteiger partial charge in [-0.3, -0.25) is 4.68 Å². The van der Waals surface area contributed by atoms with Crippen LogP contribution in [0.25, 0.3) is 11.0 Å². The highest BCUT2D eigenvalue weighted by Crippen LogP contribution is 2.44. The van der Waals surface area contributed by atoms with E-state index in [4.69, 9.17) is 13.9 Å². The number of carbonyl (C=O) groups is 1. The van der Waals surface area contributed by atoms with Gasteiger partial charge in [-0.05, 0) is 19.1 Å². The molecule has 0 saturated carbocycles. The highest BCUT2D eigenvalue weighted by molar-refractivity contribution is 5.88. The minimum absolute atomic E-state index is 0.226. The Balaban J connectivity index is 1.95. The van der Waals surface area contributed by atoms with E-state index in [0.717, 1.165) is 0 Å². The molecule has 1 aromatic carbocycles. The van der Waals surface area contributed by atoms with Crippen molar-refractivity contribution in [3.63, 3.8) is 0 Å². The van der Waals surface area contributed by atoms with Gasteiger partial charge in [-0.25, -0.2) is 9.59 Å². The van der Waals surface area contributed by atoms with E-state index in [1.54, 1.807) is 49.2 Å². The maximum Gasteiger partial charge on any atom is 0.348 e. The van der Waals surface area contributed by atoms with Gasteiger partial charge in [-0.15, -0.1) is 0 Å². The van der Waals surface area contributed by atoms with Gasteiger partial charge in [0, 0.05) is 18.8 Å². The first-order valence-electron chi connectivity index (χ1n) is 7.97. The smallest absolute Gasteiger partial charge is 0.348 e. The van der Waals surface area contributed by atoms with Crippen LogP contribution in [0.3, 0.4) is 0 Å². The maximum atomic E-state index is 12.6. The van der Waals surface area contributed by atoms with E-state index in [9.17, 15) is 9.59 Å². The van der Waals surface area contributed by atoms with Crippen LogP contribution in [0.15, 0.2) is 45.9 Å². The molecule has 25 heavy (non-hydrogen) atoms. The minimum atomic E-state index is -0.951. The van der Waals surface area contributed by atoms with Crippen LogP contribution in [0.5, 0.6) is 5.75 Å². The van der Waals surface area contributed by atoms with E-state index >= 15 is 0 Å². The lowest BCUT2D eigenvalue weighted by Crippen LogP contribution is -2.32. The van der Waals surface area contributed by atoms with E-state index < -0.39 is 23.6 Å². The molecule has 0 aliphatic carbocycles. The van der Waals surface area contributed by atoms with Crippen LogP contribution < -0.4 is 10.4 Å². The number of esters is 1. The molecule has 7 nitrogen and oxygen atoms in total. The summed E-state index contributed by atoms with van der Waals surface area (Å²) in [6.07, 6.45) is 2.42. The molecule has 0 fully saturated rings. The molecule has 0 amide bonds. The second-order valence-corrected chi connectivity index (χ2v) is 5.84. The van der Waals surface area contributed by atoms with Crippen molar-refractivity contribution in [2.75, 3.05) is 6.61 Å². The predicted molar refractivity (Wildman–Crippen MR) is 88.6 cm³/mol. The van der Waals surface area contributed by atoms with Crippen molar-refractivity contribution in [2.24, 2.45) is 7.05 Å². The Morgan fingerprint density at radius 3 is 2.88 bits per heavy atom. The predicted octanol–water partition coefficient (Wildman–Crippen LogP) is 1.98. The van der Waals surface area contributed by atoms with Gasteiger partial charge in [-0.2, -0.15) is 5.10 Å². The van der Waals surface area contributed by atoms with Crippen LogP contribution in [0.2, 0.25) is 0 Å². The number of fused-ring (bicyclic) bond motifs is 3. The second-order valence-electron chi connectivity index (χ2n) is 5.84. The quantitative estimate of drug-likeness (QED) is 0.535. The number of ether oxygens (including phenoxy) is 2. The largest absolute Gasteiger partial charge is 0.476 e. The van der Waals surface area contributed by atoms with Gasteiger partial charge in [0.05, 0.1) is 29.7 Å². The van der Waals surface area contributed by atoms with Crippen molar-refractivity contribution in [3.05, 3.63) is 58.2 Å². The van der Waals surface area contributed by atoms with Crippen LogP contribution in [-0.2, 0) is 16.6 Å². The van der Waals surface area contributed by atoms with Gasteiger partial charge in [0.2, 0.25) is 6.10 Å². The summed E-state index contributed by atoms with van der Waals surface area (Å²) < 4.78 is 18.1. The average molecular weight is 340 g/mol. The number of carbonyl (C=O) groups excluding carboxylic acids is 1. The van der Waals surface area contributed by atoms with E-state index in [0.29, 0.717) is 27.8 Å². The summed E-state index contributed by atoms with van der Waals surface area (Å²) in [4.78, 5) is 25.1. The number of nitrogens with zero attached hydrogens (tertiary/aromatic N) is 2. The fourth-order valence-corrected chi connectivity index (χ4v) is 3.23. The minimum Gasteiger partial charge on any atom is -0.476 e. The Hall–Kier alpha value is -3.09. The molecule has 1 aliphatic rings. The third kappa shape index (κ3) is 2.39. The summed E-state index contributed by atoms with van der Waals surface area (Å²) in [6.45, 7) is 1.95. The van der Waals surface area contributed by atoms with Crippen molar-refractivity contribution < 1.29 is 18.7 Å². The number of aromatic nitrogens is 2. The molecular weight excluding hydrogens is 324 g/mol. The number of rotatable bonds is 3.